The van der Waals surface area contributed by atoms with E-state index in [9.17, 15) is 4.39 Å². The highest BCUT2D eigenvalue weighted by Gasteiger charge is 2.48. The Bertz CT molecular complexity index is 3890. The molecule has 6 atom stereocenters. The summed E-state index contributed by atoms with van der Waals surface area (Å²) in [5, 5.41) is 6.79. The number of pyridine rings is 3. The number of terminal acetylenes is 1. The van der Waals surface area contributed by atoms with Gasteiger partial charge in [-0.25, -0.2) is 15.0 Å². The maximum absolute atomic E-state index is 12.0. The van der Waals surface area contributed by atoms with Crippen LogP contribution in [0.15, 0.2) is 55.0 Å². The highest BCUT2D eigenvalue weighted by atomic mass is 127. The molecule has 44 heteroatoms. The highest BCUT2D eigenvalue weighted by Crippen LogP contribution is 2.37. The third kappa shape index (κ3) is 27.7. The molecule has 8 saturated heterocycles. The van der Waals surface area contributed by atoms with Crippen molar-refractivity contribution >= 4 is 328 Å². The Hall–Kier alpha value is 4.36. The molecule has 0 radical (unpaired) electrons. The molecular weight excluding hydrogens is 1850 g/mol. The fourth-order valence-electron chi connectivity index (χ4n) is 8.95. The van der Waals surface area contributed by atoms with Crippen molar-refractivity contribution in [3.63, 3.8) is 0 Å². The summed E-state index contributed by atoms with van der Waals surface area (Å²) in [6.07, 6.45) is 14.5. The Balaban J connectivity index is 0.000000159. The van der Waals surface area contributed by atoms with Crippen LogP contribution in [0, 0.1) is 25.4 Å². The lowest BCUT2D eigenvalue weighted by atomic mass is 10.1. The van der Waals surface area contributed by atoms with E-state index < -0.39 is 5.95 Å². The normalized spacial score (nSPS) is 21.8. The van der Waals surface area contributed by atoms with Gasteiger partial charge in [-0.1, -0.05) is 5.92 Å². The van der Waals surface area contributed by atoms with Gasteiger partial charge in [-0.3, -0.25) is 9.80 Å². The van der Waals surface area contributed by atoms with Crippen LogP contribution in [-0.2, 0) is 281 Å². The van der Waals surface area contributed by atoms with Crippen LogP contribution in [0.3, 0.4) is 0 Å². The lowest BCUT2D eigenvalue weighted by molar-refractivity contribution is -0.0708. The lowest BCUT2D eigenvalue weighted by Crippen LogP contribution is -2.56. The number of halogens is 3. The fraction of sp³-hybridized carbons (Fsp3) is 0.553. The Morgan fingerprint density at radius 2 is 0.829 bits per heavy atom. The van der Waals surface area contributed by atoms with Gasteiger partial charge in [0.1, 0.15) is 11.6 Å². The molecule has 82 heavy (non-hydrogen) atoms. The lowest BCUT2D eigenvalue weighted by Gasteiger charge is -2.42. The Labute approximate surface area is 595 Å². The summed E-state index contributed by atoms with van der Waals surface area (Å²) in [5.74, 6) is 4.40. The van der Waals surface area contributed by atoms with E-state index in [1.807, 2.05) is 125 Å². The van der Waals surface area contributed by atoms with E-state index in [1.165, 1.54) is 72.5 Å². The van der Waals surface area contributed by atoms with Crippen LogP contribution < -0.4 is 20.4 Å². The number of fused-ring (bicyclic) bond motifs is 6. The molecule has 6 bridgehead atoms. The van der Waals surface area contributed by atoms with Crippen LogP contribution in [0.1, 0.15) is 24.8 Å². The molecule has 8 aliphatic rings. The van der Waals surface area contributed by atoms with Gasteiger partial charge in [0.15, 0.2) is 0 Å². The number of rotatable bonds is 4. The first-order valence-electron chi connectivity index (χ1n) is 23.2. The van der Waals surface area contributed by atoms with Crippen molar-refractivity contribution in [1.29, 1.82) is 0 Å². The zero-order valence-corrected chi connectivity index (χ0v) is 70.2. The minimum absolute atomic E-state index is 0.426. The largest absolute Gasteiger partial charge is 0.378 e. The number of anilines is 2. The summed E-state index contributed by atoms with van der Waals surface area (Å²) in [7, 11) is 49.1. The van der Waals surface area contributed by atoms with Crippen molar-refractivity contribution in [2.45, 2.75) is 67.6 Å². The number of hydrogen-bond donors (Lipinski definition) is 2. The van der Waals surface area contributed by atoms with Crippen LogP contribution in [0.5, 0.6) is 0 Å². The second-order valence-corrected chi connectivity index (χ2v) is 68.7. The summed E-state index contributed by atoms with van der Waals surface area (Å²) >= 11 is 13.9. The van der Waals surface area contributed by atoms with Crippen LogP contribution >= 0.6 is 45.2 Å². The molecule has 0 unspecified atom stereocenters. The Morgan fingerprint density at radius 3 is 1.06 bits per heavy atom. The molecule has 456 valence electrons. The number of ether oxygens (including phenoxy) is 2. The third-order valence-corrected chi connectivity index (χ3v) is 73.6. The zero-order valence-electron chi connectivity index (χ0n) is 41.4. The van der Waals surface area contributed by atoms with E-state index in [2.05, 4.69) is 108 Å². The van der Waals surface area contributed by atoms with Crippen molar-refractivity contribution in [3.05, 3.63) is 73.6 Å². The maximum Gasteiger partial charge on any atom is 0.212 e. The van der Waals surface area contributed by atoms with Gasteiger partial charge in [0, 0.05) is 378 Å². The first-order valence-corrected chi connectivity index (χ1v) is 64.0. The quantitative estimate of drug-likeness (QED) is 0.228. The predicted octanol–water partition coefficient (Wildman–Crippen LogP) is 3.15. The number of aromatic nitrogens is 3. The van der Waals surface area contributed by atoms with Crippen LogP contribution in [0.2, 0.25) is 0 Å². The molecule has 0 saturated carbocycles. The van der Waals surface area contributed by atoms with Crippen molar-refractivity contribution in [3.8, 4) is 12.3 Å². The van der Waals surface area contributed by atoms with Gasteiger partial charge in [0.25, 0.3) is 0 Å². The number of nitrogens with zero attached hydrogens (tertiary/aromatic N) is 7. The summed E-state index contributed by atoms with van der Waals surface area (Å²) in [6, 6.07) is 16.9. The number of likely N-dealkylation sites (tertiary alicyclic amines) is 2. The van der Waals surface area contributed by atoms with Crippen molar-refractivity contribution in [1.82, 2.24) is 35.4 Å². The first-order chi connectivity index (χ1) is 40.3. The topological polar surface area (TPSA) is 94.2 Å². The van der Waals surface area contributed by atoms with E-state index in [1.54, 1.807) is 137 Å². The number of hydrogen-bond acceptors (Lipinski definition) is 13. The van der Waals surface area contributed by atoms with Gasteiger partial charge in [0.2, 0.25) is 5.95 Å². The molecule has 11 nitrogen and oxygen atoms in total. The minimum Gasteiger partial charge on any atom is -0.378 e. The van der Waals surface area contributed by atoms with E-state index in [-0.39, 0.29) is 0 Å². The molecule has 11 heterocycles. The van der Waals surface area contributed by atoms with Gasteiger partial charge < -0.3 is 29.9 Å². The molecule has 0 aromatic carbocycles. The monoisotopic (exact) mass is 1890 g/mol. The molecule has 3 aromatic heterocycles. The molecule has 0 amide bonds. The first kappa shape index (κ1) is 73.8. The SMILES string of the molecule is C#Cc1ccc(N2C[C@@H]3C[C@H]2CN3C2COC2)nc1.C1N[C@@H]2CN[C@H]1C2.Fc1ccc(I)cn1.Ic1ccc(N2C[C@@H]3C[C@H]2CN3C2COC2)nc1.S=S=S=S=S=S=S=S=S=S=S=S=S=S=S=S=S=S=S=S=S=S=S=S=S=S=S=S=S=S. The molecule has 8 aliphatic heterocycles. The maximum atomic E-state index is 12.0. The van der Waals surface area contributed by atoms with Gasteiger partial charge in [-0.15, -0.1) is 6.42 Å². The second-order valence-electron chi connectivity index (χ2n) is 16.7. The Morgan fingerprint density at radius 1 is 0.463 bits per heavy atom. The standard InChI is InChI=1S/C15H17N3O.C13H16IN3O.C5H3FIN.C5H10N2.S30/c1-2-11-3-4-15(16-6-11)18-8-12-5-13(18)7-17(12)14-9-19-10-14;14-9-1-2-13(15-4-9)17-6-10-3-11(17)5-16(10)12-7-18-8-12;6-5-2-1-4(7)3-8-5;1-4-2-6-5(1)3-7-4;1-3-5-7-9-11-13-15-17-19-21-23-25-27-29-30-28-26-24-22-20-18-16-14-12-10-8-6-4-2/h1,3-4,6,12-14H,5,7-10H2;1-2,4,10-12H,3,5-8H2;1-3H;4-7H,1-3H2;/t12-,13-;10-,11-;;4-,5-;/m00.0./s1. The van der Waals surface area contributed by atoms with E-state index in [4.69, 9.17) is 38.3 Å². The zero-order chi connectivity index (χ0) is 57.4. The van der Waals surface area contributed by atoms with Crippen molar-refractivity contribution in [2.24, 2.45) is 0 Å². The average Bonchev–Trinajstić information content (AvgIpc) is 4.09. The summed E-state index contributed by atoms with van der Waals surface area (Å²) in [6.45, 7) is 10.7. The number of piperazine rings is 3. The summed E-state index contributed by atoms with van der Waals surface area (Å²) in [4.78, 5) is 22.6. The second kappa shape index (κ2) is 44.9. The minimum atomic E-state index is -0.426. The molecular formula is C38H46FI2N9O2S30. The van der Waals surface area contributed by atoms with Gasteiger partial charge >= 0.3 is 0 Å². The average molecular weight is 1900 g/mol. The highest BCUT2D eigenvalue weighted by molar-refractivity contribution is 14.1. The fourth-order valence-corrected chi connectivity index (χ4v) is 80.9. The van der Waals surface area contributed by atoms with E-state index >= 15 is 0 Å². The molecule has 0 spiro atoms. The van der Waals surface area contributed by atoms with Gasteiger partial charge in [-0.2, -0.15) is 4.39 Å². The number of nitrogens with one attached hydrogen (secondary N) is 2. The molecule has 11 rings (SSSR count). The molecule has 8 fully saturated rings. The Kier molecular flexibility index (Phi) is 40.4. The summed E-state index contributed by atoms with van der Waals surface area (Å²) < 4.78 is 24.7. The van der Waals surface area contributed by atoms with Crippen LogP contribution in [0.25, 0.3) is 0 Å². The van der Waals surface area contributed by atoms with Gasteiger partial charge in [0.05, 0.1) is 38.5 Å². The van der Waals surface area contributed by atoms with E-state index in [0.717, 1.165) is 78.9 Å². The summed E-state index contributed by atoms with van der Waals surface area (Å²) in [5.41, 5.74) is 0.848. The molecule has 2 N–H and O–H groups in total. The van der Waals surface area contributed by atoms with E-state index in [0.29, 0.717) is 36.3 Å². The van der Waals surface area contributed by atoms with Crippen LogP contribution in [-0.4, -0.2) is 139 Å². The molecule has 0 aliphatic carbocycles. The third-order valence-electron chi connectivity index (χ3n) is 12.3. The predicted molar refractivity (Wildman–Crippen MR) is 437 cm³/mol. The van der Waals surface area contributed by atoms with Crippen LogP contribution in [0.4, 0.5) is 16.0 Å². The smallest absolute Gasteiger partial charge is 0.212 e. The van der Waals surface area contributed by atoms with Crippen molar-refractivity contribution < 1.29 is 13.9 Å². The van der Waals surface area contributed by atoms with Crippen molar-refractivity contribution in [2.75, 3.05) is 75.5 Å². The molecule has 3 aromatic rings. The van der Waals surface area contributed by atoms with Gasteiger partial charge in [-0.05, 0) is 101 Å².